The molecule has 15 aliphatic rings. The molecule has 0 aromatic heterocycles. The minimum atomic E-state index is -5.00. The number of hydrogen-bond donors (Lipinski definition) is 3. The van der Waals surface area contributed by atoms with E-state index in [2.05, 4.69) is 107 Å². The Hall–Kier alpha value is -6.74. The standard InChI is InChI=1S/C21H23ClF3NO3.C17H20ClN3O.C17H19N3O.C17H20O2.C16H18N.C10H14O.C7H6O.C4H8O.CH2Cl2.4ClH.Li.Ti/c1-12(27)29-20-9-13-7-15(10-19(22,8-13)11-20)16(20)17(14-5-3-2-4-6-14)26-18(28)21(23,24)25;18-16-7-11-6-13(9-16)14(17(22,8-11)10-16)15(20-21-19)12-4-2-1-3-5-12;1-11-7-12-9-14(8-11)16(15(21)10-12)17(19-20-18)13-5-3-2-4-6-13;1-11-7-12-9-14(8-11)16(15(18)10-12)17(19)13-5-3-2-4-6-13;1-13(15-9-5-3-6-10-15)17-14(2)16-11-7-4-8-12-16;1-7-2-8-4-9(3-7)6-10(11)5-8;8-6-7-4-2-1-3-5-7;1-2-4-5-3-1;2-1-3;;;;;;/h2-6,13,15-17H,7-11H2,1H3,(H,26,28);1-5,11,13-15,22H,6-10H2;2-6,12,14,16-17H,1,7-10H2;2-6,12,14,16-17,19H,1,7-10H2;3-14H,1-2H3;8-9H,1-6H2;1-6H;1-4H2;1H2;4*1H;;/q;;;;-1;;;;;;;;;+1;+4/p-4/t13?,15?,16-,17+,19+,20+;11?,13?,14-,15+,16+,17+;12?,14?,16-,17-;12?,14?,16-,17+;13-,14-;;;;;;;;;;/m11000........../s1. The van der Waals surface area contributed by atoms with E-state index < -0.39 is 64.5 Å². The molecule has 0 radical (unpaired) electrons. The van der Waals surface area contributed by atoms with Gasteiger partial charge in [-0.25, -0.2) is 0 Å². The van der Waals surface area contributed by atoms with Crippen LogP contribution < -0.4 is 24.2 Å². The van der Waals surface area contributed by atoms with E-state index in [-0.39, 0.29) is 106 Å². The number of aldehydes is 1. The minimum Gasteiger partial charge on any atom is -0.389 e. The number of azide groups is 2. The number of carbonyl (C=O) groups is 6. The number of ether oxygens (including phenoxy) is 2. The molecule has 7 aromatic rings. The smallest absolute Gasteiger partial charge is 0.389 e. The monoisotopic (exact) mass is 2110 g/mol. The maximum Gasteiger partial charge on any atom is 1.00 e. The summed E-state index contributed by atoms with van der Waals surface area (Å²) in [7, 11) is 20.1. The number of benzene rings is 7. The number of amides is 1. The molecular formula is C110H130Cl8F3LiN8O10Ti. The molecule has 18 nitrogen and oxygen atoms in total. The largest absolute Gasteiger partial charge is 1.00 e. The Balaban J connectivity index is 0.000000169. The summed E-state index contributed by atoms with van der Waals surface area (Å²) >= 11 is 20.0. The van der Waals surface area contributed by atoms with Crippen molar-refractivity contribution in [2.75, 3.05) is 18.6 Å². The van der Waals surface area contributed by atoms with Crippen LogP contribution in [-0.2, 0) is 45.8 Å². The van der Waals surface area contributed by atoms with Crippen LogP contribution >= 0.6 is 83.6 Å². The molecule has 1 heterocycles. The fraction of sp³-hybridized carbons (Fsp3) is 0.509. The number of carbonyl (C=O) groups excluding carboxylic acids is 6. The number of fused-ring (bicyclic) bond motifs is 6. The molecule has 1 aliphatic heterocycles. The number of aliphatic hydroxyl groups is 2. The SMILES string of the molecule is C1CCOC1.C=C1CC2CC(=O)CC(C1)C2.C=C1CC2CC(=O)[C@@H]([C@@H](N=[N+]=[N-])c3ccccc3)C(C1)C2.C=C1CC2CC(=O)[C@@H]([C@H](O)c3ccccc3)C(C1)C2.CC(=O)O[C@@]12CC3CC(C[C@@](Cl)(C3)C1)[C@@H]2[C@@H](NC(=O)C(F)(F)F)c1ccccc1.C[C@H]([N-][C@@H](C)c1ccccc1)c1ccccc1.ClCCl.O=Cc1ccccc1.[Cl][Ti]([Cl])([Cl])[Cl].[Li+].[N-]=[N+]=N[C@@H](c1ccccc1)[C@H]1C2CC3C[C@](Cl)(C2)C[C@@]1(O)C3. The van der Waals surface area contributed by atoms with E-state index in [1.807, 2.05) is 121 Å². The van der Waals surface area contributed by atoms with E-state index in [0.717, 1.165) is 144 Å². The maximum atomic E-state index is 13.1. The van der Waals surface area contributed by atoms with Crippen molar-refractivity contribution in [3.05, 3.63) is 314 Å². The summed E-state index contributed by atoms with van der Waals surface area (Å²) in [6.07, 6.45) is 17.7. The zero-order valence-electron chi connectivity index (χ0n) is 80.7. The first-order valence-corrected chi connectivity index (χ1v) is 59.1. The Morgan fingerprint density at radius 3 is 1.29 bits per heavy atom. The van der Waals surface area contributed by atoms with Gasteiger partial charge in [-0.1, -0.05) is 284 Å². The Morgan fingerprint density at radius 1 is 0.525 bits per heavy atom. The number of halogens is 11. The average Bonchev–Trinajstić information content (AvgIpc) is 0.987. The van der Waals surface area contributed by atoms with Gasteiger partial charge in [0.2, 0.25) is 0 Å². The van der Waals surface area contributed by atoms with Crippen molar-refractivity contribution in [3.63, 3.8) is 0 Å². The van der Waals surface area contributed by atoms with Crippen molar-refractivity contribution >= 4 is 119 Å². The first-order chi connectivity index (χ1) is 66.7. The summed E-state index contributed by atoms with van der Waals surface area (Å²) in [4.78, 5) is 75.3. The minimum absolute atomic E-state index is 0. The molecule has 31 heteroatoms. The van der Waals surface area contributed by atoms with Crippen LogP contribution in [0.2, 0.25) is 0 Å². The molecule has 1 amide bonds. The maximum absolute atomic E-state index is 13.1. The number of esters is 1. The third-order valence-electron chi connectivity index (χ3n) is 29.7. The topological polar surface area (TPSA) is 285 Å². The second-order valence-corrected chi connectivity index (χ2v) is 58.3. The Bertz CT molecular complexity index is 5250. The molecule has 24 atom stereocenters. The Morgan fingerprint density at radius 2 is 0.894 bits per heavy atom. The number of hydrogen-bond acceptors (Lipinski definition) is 12. The van der Waals surface area contributed by atoms with E-state index in [1.165, 1.54) is 54.0 Å². The second-order valence-electron chi connectivity index (χ2n) is 40.5. The van der Waals surface area contributed by atoms with E-state index in [9.17, 15) is 52.2 Å². The third-order valence-corrected chi connectivity index (χ3v) is 30.6. The van der Waals surface area contributed by atoms with Crippen LogP contribution in [0.5, 0.6) is 0 Å². The van der Waals surface area contributed by atoms with Crippen LogP contribution in [0, 0.1) is 82.9 Å². The number of rotatable bonds is 17. The van der Waals surface area contributed by atoms with Gasteiger partial charge in [-0.3, -0.25) is 28.8 Å². The van der Waals surface area contributed by atoms with E-state index in [4.69, 9.17) is 109 Å². The first-order valence-electron chi connectivity index (χ1n) is 48.7. The second kappa shape index (κ2) is 54.8. The van der Waals surface area contributed by atoms with Crippen molar-refractivity contribution in [2.45, 2.75) is 245 Å². The predicted molar refractivity (Wildman–Crippen MR) is 550 cm³/mol. The quantitative estimate of drug-likeness (QED) is 0.0113. The van der Waals surface area contributed by atoms with Crippen LogP contribution in [0.3, 0.4) is 0 Å². The van der Waals surface area contributed by atoms with Crippen molar-refractivity contribution < 1.29 is 92.8 Å². The van der Waals surface area contributed by atoms with Gasteiger partial charge in [0.15, 0.2) is 0 Å². The average molecular weight is 2120 g/mol. The summed E-state index contributed by atoms with van der Waals surface area (Å²) in [6, 6.07) is 66.5. The number of ketones is 3. The van der Waals surface area contributed by atoms with Crippen molar-refractivity contribution in [3.8, 4) is 0 Å². The van der Waals surface area contributed by atoms with Crippen molar-refractivity contribution in [2.24, 2.45) is 93.1 Å². The normalized spacial score (nSPS) is 29.6. The molecule has 14 bridgehead atoms. The molecular weight excluding hydrogens is 1990 g/mol. The van der Waals surface area contributed by atoms with Crippen molar-refractivity contribution in [1.82, 2.24) is 5.32 Å². The number of allylic oxidation sites excluding steroid dienone is 3. The van der Waals surface area contributed by atoms with Gasteiger partial charge in [0.25, 0.3) is 0 Å². The van der Waals surface area contributed by atoms with Gasteiger partial charge in [-0.15, -0.1) is 58.5 Å². The molecule has 22 rings (SSSR count). The molecule has 14 saturated carbocycles. The first kappa shape index (κ1) is 116. The van der Waals surface area contributed by atoms with Crippen LogP contribution in [0.1, 0.15) is 261 Å². The number of nitrogens with one attached hydrogen (secondary N) is 1. The van der Waals surface area contributed by atoms with E-state index in [0.29, 0.717) is 85.4 Å². The van der Waals surface area contributed by atoms with Crippen LogP contribution in [-0.4, -0.2) is 91.4 Å². The number of nitrogens with zero attached hydrogens (tertiary/aromatic N) is 7. The van der Waals surface area contributed by atoms with E-state index in [1.54, 1.807) is 42.5 Å². The van der Waals surface area contributed by atoms with Crippen molar-refractivity contribution in [1.29, 1.82) is 0 Å². The number of aliphatic hydroxyl groups excluding tert-OH is 1. The molecule has 15 fully saturated rings. The summed E-state index contributed by atoms with van der Waals surface area (Å²) in [5, 5.41) is 37.2. The van der Waals surface area contributed by atoms with Gasteiger partial charge in [-0.05, 0) is 221 Å². The number of Topliss-reactive ketones (excluding diaryl/α,β-unsaturated/α-hetero) is 3. The van der Waals surface area contributed by atoms with Gasteiger partial charge >= 0.3 is 86.5 Å². The number of alkyl halides is 7. The van der Waals surface area contributed by atoms with Crippen LogP contribution in [0.25, 0.3) is 26.2 Å². The van der Waals surface area contributed by atoms with E-state index >= 15 is 0 Å². The van der Waals surface area contributed by atoms with Gasteiger partial charge in [0, 0.05) is 95.1 Å². The zero-order valence-corrected chi connectivity index (χ0v) is 88.3. The molecule has 7 aromatic carbocycles. The third kappa shape index (κ3) is 34.2. The molecule has 14 aliphatic carbocycles. The van der Waals surface area contributed by atoms with Crippen LogP contribution in [0.15, 0.2) is 259 Å². The summed E-state index contributed by atoms with van der Waals surface area (Å²) in [5.41, 5.74) is 26.7. The molecule has 752 valence electrons. The fourth-order valence-corrected chi connectivity index (χ4v) is 26.7. The van der Waals surface area contributed by atoms with Gasteiger partial charge < -0.3 is 30.3 Å². The zero-order chi connectivity index (χ0) is 101. The molecule has 0 spiro atoms. The van der Waals surface area contributed by atoms with Crippen LogP contribution in [0.4, 0.5) is 13.2 Å². The summed E-state index contributed by atoms with van der Waals surface area (Å²) < 4.78 is 50.1. The van der Waals surface area contributed by atoms with Gasteiger partial charge in [0.05, 0.1) is 41.1 Å². The Kier molecular flexibility index (Phi) is 45.1. The summed E-state index contributed by atoms with van der Waals surface area (Å²) in [5.74, 6) is 1.47. The Labute approximate surface area is 879 Å². The predicted octanol–water partition coefficient (Wildman–Crippen LogP) is 27.7. The molecule has 141 heavy (non-hydrogen) atoms. The summed E-state index contributed by atoms with van der Waals surface area (Å²) in [6.45, 7) is 19.8. The molecule has 3 N–H and O–H groups in total. The van der Waals surface area contributed by atoms with Gasteiger partial charge in [0.1, 0.15) is 29.2 Å². The fourth-order valence-electron chi connectivity index (χ4n) is 25.5. The van der Waals surface area contributed by atoms with Gasteiger partial charge in [-0.2, -0.15) is 13.2 Å². The molecule has 1 saturated heterocycles. The molecule has 10 unspecified atom stereocenters.